The zero-order valence-corrected chi connectivity index (χ0v) is 30.8. The van der Waals surface area contributed by atoms with E-state index in [9.17, 15) is 37.8 Å². The van der Waals surface area contributed by atoms with Crippen LogP contribution in [0.5, 0.6) is 17.2 Å². The van der Waals surface area contributed by atoms with E-state index in [0.29, 0.717) is 28.2 Å². The number of alkyl halides is 3. The summed E-state index contributed by atoms with van der Waals surface area (Å²) in [6, 6.07) is 24.5. The summed E-state index contributed by atoms with van der Waals surface area (Å²) >= 11 is 0. The van der Waals surface area contributed by atoms with Crippen molar-refractivity contribution in [2.24, 2.45) is 0 Å². The molecule has 0 aliphatic heterocycles. The van der Waals surface area contributed by atoms with Gasteiger partial charge in [0.2, 0.25) is 5.91 Å². The van der Waals surface area contributed by atoms with Crippen LogP contribution in [0.1, 0.15) is 48.0 Å². The molecule has 0 saturated heterocycles. The van der Waals surface area contributed by atoms with Crippen molar-refractivity contribution >= 4 is 23.5 Å². The van der Waals surface area contributed by atoms with Crippen LogP contribution < -0.4 is 19.5 Å². The molecule has 0 bridgehead atoms. The van der Waals surface area contributed by atoms with Gasteiger partial charge in [0.1, 0.15) is 12.0 Å². The highest BCUT2D eigenvalue weighted by atomic mass is 19.4. The Morgan fingerprint density at radius 1 is 0.836 bits per heavy atom. The van der Waals surface area contributed by atoms with Gasteiger partial charge in [-0.25, -0.2) is 4.79 Å². The Hall–Kier alpha value is -6.12. The monoisotopic (exact) mass is 762 g/mol. The second-order valence-electron chi connectivity index (χ2n) is 12.4. The first-order valence-electron chi connectivity index (χ1n) is 16.8. The van der Waals surface area contributed by atoms with Gasteiger partial charge in [-0.15, -0.1) is 0 Å². The number of rotatable bonds is 16. The fraction of sp³-hybridized carbons (Fsp3) is 0.244. The summed E-state index contributed by atoms with van der Waals surface area (Å²) in [6.45, 7) is 2.05. The minimum atomic E-state index is -4.69. The number of hydrogen-bond donors (Lipinski definition) is 3. The molecule has 0 saturated carbocycles. The molecule has 1 amide bonds. The largest absolute Gasteiger partial charge is 0.501 e. The van der Waals surface area contributed by atoms with E-state index < -0.39 is 48.8 Å². The molecule has 1 unspecified atom stereocenters. The van der Waals surface area contributed by atoms with Crippen LogP contribution in [-0.4, -0.2) is 67.0 Å². The number of benzene rings is 4. The molecule has 0 radical (unpaired) electrons. The van der Waals surface area contributed by atoms with Crippen molar-refractivity contribution in [1.82, 2.24) is 4.90 Å². The van der Waals surface area contributed by atoms with Crippen LogP contribution in [0.4, 0.5) is 18.9 Å². The number of anilines is 1. The molecule has 55 heavy (non-hydrogen) atoms. The molecule has 4 aromatic rings. The third kappa shape index (κ3) is 11.7. The molecule has 0 spiro atoms. The SMILES string of the molecule is CO/C(C)=C/C(=C(\C)CC(=O)Nc1ccc(C(O)N(CC(=O)O)Cc2ccc(OC(=O)c3ccc(-c4ccc(OC)c(OC)c4)cc3)cc2)cc1)C(F)(F)F. The van der Waals surface area contributed by atoms with E-state index in [4.69, 9.17) is 18.9 Å². The summed E-state index contributed by atoms with van der Waals surface area (Å²) in [7, 11) is 4.35. The molecule has 1 atom stereocenters. The smallest absolute Gasteiger partial charge is 0.416 e. The molecule has 4 rings (SSSR count). The number of ether oxygens (including phenoxy) is 4. The summed E-state index contributed by atoms with van der Waals surface area (Å²) in [4.78, 5) is 38.5. The quantitative estimate of drug-likeness (QED) is 0.0339. The van der Waals surface area contributed by atoms with E-state index in [-0.39, 0.29) is 29.3 Å². The van der Waals surface area contributed by atoms with Crippen LogP contribution in [0.2, 0.25) is 0 Å². The second kappa shape index (κ2) is 18.8. The van der Waals surface area contributed by atoms with E-state index in [1.165, 1.54) is 50.1 Å². The Bertz CT molecular complexity index is 2030. The Morgan fingerprint density at radius 3 is 2.02 bits per heavy atom. The predicted molar refractivity (Wildman–Crippen MR) is 199 cm³/mol. The Balaban J connectivity index is 1.38. The maximum atomic E-state index is 13.6. The Labute approximate surface area is 316 Å². The number of aliphatic hydroxyl groups excluding tert-OH is 1. The van der Waals surface area contributed by atoms with E-state index >= 15 is 0 Å². The summed E-state index contributed by atoms with van der Waals surface area (Å²) in [5, 5.41) is 23.2. The minimum Gasteiger partial charge on any atom is -0.501 e. The van der Waals surface area contributed by atoms with Gasteiger partial charge in [-0.1, -0.05) is 48.0 Å². The van der Waals surface area contributed by atoms with E-state index in [2.05, 4.69) is 5.32 Å². The molecule has 3 N–H and O–H groups in total. The average molecular weight is 763 g/mol. The van der Waals surface area contributed by atoms with Gasteiger partial charge in [0, 0.05) is 18.7 Å². The number of aliphatic carboxylic acids is 1. The third-order valence-corrected chi connectivity index (χ3v) is 8.39. The Morgan fingerprint density at radius 2 is 1.45 bits per heavy atom. The molecule has 14 heteroatoms. The predicted octanol–water partition coefficient (Wildman–Crippen LogP) is 7.93. The van der Waals surface area contributed by atoms with Crippen LogP contribution in [-0.2, 0) is 20.9 Å². The van der Waals surface area contributed by atoms with Crippen molar-refractivity contribution in [1.29, 1.82) is 0 Å². The Kier molecular flexibility index (Phi) is 14.2. The average Bonchev–Trinajstić information content (AvgIpc) is 3.16. The number of carbonyl (C=O) groups is 3. The number of amides is 1. The third-order valence-electron chi connectivity index (χ3n) is 8.39. The second-order valence-corrected chi connectivity index (χ2v) is 12.4. The van der Waals surface area contributed by atoms with E-state index in [1.807, 2.05) is 12.1 Å². The molecule has 0 aliphatic carbocycles. The maximum absolute atomic E-state index is 13.6. The standard InChI is InChI=1S/C41H41F3N2O9/c1-25(34(41(42,43)44)21-26(2)52-3)20-37(47)45-32-15-12-29(13-16-32)39(50)46(24-38(48)49)23-27-6-17-33(18-7-27)55-40(51)30-10-8-28(9-11-30)31-14-19-35(53-4)36(22-31)54-5/h6-19,21-22,39,50H,20,23-24H2,1-5H3,(H,45,47)(H,48,49)/b26-21+,34-25-. The lowest BCUT2D eigenvalue weighted by atomic mass is 10.0. The zero-order valence-electron chi connectivity index (χ0n) is 30.8. The van der Waals surface area contributed by atoms with Gasteiger partial charge >= 0.3 is 18.1 Å². The van der Waals surface area contributed by atoms with Crippen LogP contribution in [0, 0.1) is 0 Å². The number of esters is 1. The summed E-state index contributed by atoms with van der Waals surface area (Å²) in [6.07, 6.45) is -5.78. The van der Waals surface area contributed by atoms with Crippen molar-refractivity contribution in [3.05, 3.63) is 131 Å². The molecule has 11 nitrogen and oxygen atoms in total. The summed E-state index contributed by atoms with van der Waals surface area (Å²) in [5.74, 6) is -1.01. The lowest BCUT2D eigenvalue weighted by molar-refractivity contribution is -0.142. The van der Waals surface area contributed by atoms with E-state index in [1.54, 1.807) is 68.8 Å². The van der Waals surface area contributed by atoms with Gasteiger partial charge in [-0.05, 0) is 90.7 Å². The lowest BCUT2D eigenvalue weighted by Gasteiger charge is -2.27. The van der Waals surface area contributed by atoms with Crippen LogP contribution in [0.25, 0.3) is 11.1 Å². The minimum absolute atomic E-state index is 0.00192. The first kappa shape index (κ1) is 41.6. The molecule has 0 heterocycles. The number of allylic oxidation sites excluding steroid dienone is 3. The van der Waals surface area contributed by atoms with Gasteiger partial charge in [0.25, 0.3) is 0 Å². The topological polar surface area (TPSA) is 144 Å². The highest BCUT2D eigenvalue weighted by Crippen LogP contribution is 2.33. The normalized spacial score (nSPS) is 12.7. The van der Waals surface area contributed by atoms with Crippen molar-refractivity contribution in [2.75, 3.05) is 33.2 Å². The molecule has 290 valence electrons. The summed E-state index contributed by atoms with van der Waals surface area (Å²) < 4.78 is 61.7. The summed E-state index contributed by atoms with van der Waals surface area (Å²) in [5.41, 5.74) is 2.02. The molecule has 0 aliphatic rings. The molecule has 0 fully saturated rings. The number of carboxylic acid groups (broad SMARTS) is 1. The number of hydrogen-bond acceptors (Lipinski definition) is 9. The first-order valence-corrected chi connectivity index (χ1v) is 16.8. The van der Waals surface area contributed by atoms with Gasteiger partial charge in [0.05, 0.1) is 44.8 Å². The lowest BCUT2D eigenvalue weighted by Crippen LogP contribution is -2.33. The van der Waals surface area contributed by atoms with Crippen molar-refractivity contribution in [2.45, 2.75) is 39.2 Å². The number of carboxylic acids is 1. The van der Waals surface area contributed by atoms with Crippen LogP contribution in [0.15, 0.2) is 114 Å². The van der Waals surface area contributed by atoms with Gasteiger partial charge in [-0.3, -0.25) is 14.5 Å². The number of nitrogens with zero attached hydrogens (tertiary/aromatic N) is 1. The van der Waals surface area contributed by atoms with Gasteiger partial charge in [0.15, 0.2) is 11.5 Å². The highest BCUT2D eigenvalue weighted by molar-refractivity contribution is 5.92. The van der Waals surface area contributed by atoms with Crippen molar-refractivity contribution in [3.8, 4) is 28.4 Å². The van der Waals surface area contributed by atoms with Gasteiger partial charge < -0.3 is 34.5 Å². The van der Waals surface area contributed by atoms with Crippen molar-refractivity contribution in [3.63, 3.8) is 0 Å². The molecular weight excluding hydrogens is 721 g/mol. The highest BCUT2D eigenvalue weighted by Gasteiger charge is 2.34. The first-order chi connectivity index (χ1) is 26.1. The molecule has 4 aromatic carbocycles. The molecule has 0 aromatic heterocycles. The van der Waals surface area contributed by atoms with E-state index in [0.717, 1.165) is 17.2 Å². The van der Waals surface area contributed by atoms with Crippen LogP contribution in [0.3, 0.4) is 0 Å². The van der Waals surface area contributed by atoms with Crippen LogP contribution >= 0.6 is 0 Å². The zero-order chi connectivity index (χ0) is 40.3. The van der Waals surface area contributed by atoms with Gasteiger partial charge in [-0.2, -0.15) is 13.2 Å². The number of carbonyl (C=O) groups excluding carboxylic acids is 2. The fourth-order valence-corrected chi connectivity index (χ4v) is 5.48. The van der Waals surface area contributed by atoms with Crippen molar-refractivity contribution < 1.29 is 56.7 Å². The number of methoxy groups -OCH3 is 3. The molecular formula is C41H41F3N2O9. The maximum Gasteiger partial charge on any atom is 0.416 e. The number of halogens is 3. The fourth-order valence-electron chi connectivity index (χ4n) is 5.48. The number of nitrogens with one attached hydrogen (secondary N) is 1. The number of aliphatic hydroxyl groups is 1.